The van der Waals surface area contributed by atoms with Gasteiger partial charge in [0.05, 0.1) is 31.0 Å². The van der Waals surface area contributed by atoms with Crippen LogP contribution in [-0.4, -0.2) is 19.2 Å². The van der Waals surface area contributed by atoms with Crippen LogP contribution < -0.4 is 14.8 Å². The van der Waals surface area contributed by atoms with Gasteiger partial charge >= 0.3 is 0 Å². The van der Waals surface area contributed by atoms with Gasteiger partial charge in [-0.3, -0.25) is 4.98 Å². The number of aromatic nitrogens is 1. The summed E-state index contributed by atoms with van der Waals surface area (Å²) in [7, 11) is 3.16. The molecule has 1 N–H and O–H groups in total. The summed E-state index contributed by atoms with van der Waals surface area (Å²) in [5, 5.41) is 13.5. The Morgan fingerprint density at radius 2 is 1.71 bits per heavy atom. The molecule has 0 aliphatic rings. The Bertz CT molecular complexity index is 892. The molecule has 0 unspecified atom stereocenters. The summed E-state index contributed by atoms with van der Waals surface area (Å²) in [6, 6.07) is 15.5. The highest BCUT2D eigenvalue weighted by Crippen LogP contribution is 2.36. The minimum Gasteiger partial charge on any atom is -0.493 e. The number of nitrogens with one attached hydrogen (secondary N) is 1. The summed E-state index contributed by atoms with van der Waals surface area (Å²) in [4.78, 5) is 4.34. The number of ether oxygens (including phenoxy) is 2. The fourth-order valence-corrected chi connectivity index (χ4v) is 2.40. The van der Waals surface area contributed by atoms with Crippen LogP contribution >= 0.6 is 12.4 Å². The average Bonchev–Trinajstić information content (AvgIpc) is 2.61. The van der Waals surface area contributed by atoms with E-state index in [1.807, 2.05) is 36.4 Å². The van der Waals surface area contributed by atoms with Crippen LogP contribution in [0.4, 0.5) is 11.4 Å². The Morgan fingerprint density at radius 3 is 2.33 bits per heavy atom. The quantitative estimate of drug-likeness (QED) is 0.766. The van der Waals surface area contributed by atoms with Gasteiger partial charge in [-0.15, -0.1) is 12.4 Å². The number of anilines is 2. The number of nitriles is 1. The van der Waals surface area contributed by atoms with E-state index in [4.69, 9.17) is 9.47 Å². The van der Waals surface area contributed by atoms with Crippen molar-refractivity contribution in [1.82, 2.24) is 4.98 Å². The van der Waals surface area contributed by atoms with E-state index >= 15 is 0 Å². The van der Waals surface area contributed by atoms with Crippen molar-refractivity contribution in [3.63, 3.8) is 0 Å². The van der Waals surface area contributed by atoms with Crippen LogP contribution in [0.2, 0.25) is 0 Å². The number of fused-ring (bicyclic) bond motifs is 1. The number of para-hydroxylation sites is 1. The predicted octanol–water partition coefficient (Wildman–Crippen LogP) is 4.29. The van der Waals surface area contributed by atoms with Gasteiger partial charge in [0.1, 0.15) is 6.07 Å². The lowest BCUT2D eigenvalue weighted by molar-refractivity contribution is 0.356. The molecule has 24 heavy (non-hydrogen) atoms. The van der Waals surface area contributed by atoms with Crippen molar-refractivity contribution in [3.8, 4) is 17.6 Å². The van der Waals surface area contributed by atoms with E-state index in [1.165, 1.54) is 0 Å². The predicted molar refractivity (Wildman–Crippen MR) is 96.5 cm³/mol. The Hall–Kier alpha value is -2.97. The minimum absolute atomic E-state index is 0. The highest BCUT2D eigenvalue weighted by atomic mass is 35.5. The highest BCUT2D eigenvalue weighted by molar-refractivity contribution is 5.97. The van der Waals surface area contributed by atoms with E-state index in [0.29, 0.717) is 22.7 Å². The SMILES string of the molecule is COc1cc2ncc(C#N)c(Nc3ccccc3)c2cc1OC.Cl. The van der Waals surface area contributed by atoms with Crippen LogP contribution in [0, 0.1) is 11.3 Å². The van der Waals surface area contributed by atoms with Crippen LogP contribution in [0.3, 0.4) is 0 Å². The van der Waals surface area contributed by atoms with Crippen molar-refractivity contribution in [1.29, 1.82) is 5.26 Å². The van der Waals surface area contributed by atoms with Crippen LogP contribution in [0.15, 0.2) is 48.7 Å². The normalized spacial score (nSPS) is 9.71. The number of hydrogen-bond acceptors (Lipinski definition) is 5. The number of methoxy groups -OCH3 is 2. The van der Waals surface area contributed by atoms with Gasteiger partial charge in [0.15, 0.2) is 11.5 Å². The van der Waals surface area contributed by atoms with Crippen LogP contribution in [0.1, 0.15) is 5.56 Å². The molecule has 0 bridgehead atoms. The number of hydrogen-bond donors (Lipinski definition) is 1. The molecule has 0 aliphatic heterocycles. The summed E-state index contributed by atoms with van der Waals surface area (Å²) in [5.74, 6) is 1.19. The molecule has 3 rings (SSSR count). The maximum atomic E-state index is 9.40. The fraction of sp³-hybridized carbons (Fsp3) is 0.111. The average molecular weight is 342 g/mol. The van der Waals surface area contributed by atoms with E-state index in [1.54, 1.807) is 26.5 Å². The molecule has 0 amide bonds. The summed E-state index contributed by atoms with van der Waals surface area (Å²) in [6.07, 6.45) is 1.56. The molecule has 0 atom stereocenters. The summed E-state index contributed by atoms with van der Waals surface area (Å²) >= 11 is 0. The molecule has 1 aromatic heterocycles. The van der Waals surface area contributed by atoms with Crippen molar-refractivity contribution in [2.24, 2.45) is 0 Å². The van der Waals surface area contributed by atoms with E-state index in [-0.39, 0.29) is 12.4 Å². The number of benzene rings is 2. The topological polar surface area (TPSA) is 67.2 Å². The Morgan fingerprint density at radius 1 is 1.04 bits per heavy atom. The molecule has 0 saturated carbocycles. The molecule has 3 aromatic rings. The number of pyridine rings is 1. The monoisotopic (exact) mass is 341 g/mol. The van der Waals surface area contributed by atoms with Crippen LogP contribution in [-0.2, 0) is 0 Å². The highest BCUT2D eigenvalue weighted by Gasteiger charge is 2.13. The molecular weight excluding hydrogens is 326 g/mol. The maximum Gasteiger partial charge on any atom is 0.162 e. The van der Waals surface area contributed by atoms with Crippen molar-refractivity contribution in [3.05, 3.63) is 54.2 Å². The molecule has 0 radical (unpaired) electrons. The number of nitrogens with zero attached hydrogens (tertiary/aromatic N) is 2. The Kier molecular flexibility index (Phi) is 5.46. The maximum absolute atomic E-state index is 9.40. The first-order valence-corrected chi connectivity index (χ1v) is 7.03. The summed E-state index contributed by atoms with van der Waals surface area (Å²) < 4.78 is 10.7. The lowest BCUT2D eigenvalue weighted by Crippen LogP contribution is -1.98. The van der Waals surface area contributed by atoms with Crippen molar-refractivity contribution in [2.45, 2.75) is 0 Å². The van der Waals surface area contributed by atoms with Crippen molar-refractivity contribution in [2.75, 3.05) is 19.5 Å². The largest absolute Gasteiger partial charge is 0.493 e. The van der Waals surface area contributed by atoms with E-state index < -0.39 is 0 Å². The van der Waals surface area contributed by atoms with E-state index in [0.717, 1.165) is 16.6 Å². The third kappa shape index (κ3) is 3.19. The minimum atomic E-state index is 0. The standard InChI is InChI=1S/C18H15N3O2.ClH/c1-22-16-8-14-15(9-17(16)23-2)20-11-12(10-19)18(14)21-13-6-4-3-5-7-13;/h3-9,11H,1-2H3,(H,20,21);1H. The molecule has 0 fully saturated rings. The van der Waals surface area contributed by atoms with Gasteiger partial charge < -0.3 is 14.8 Å². The third-order valence-corrected chi connectivity index (χ3v) is 3.54. The second-order valence-corrected chi connectivity index (χ2v) is 4.87. The second-order valence-electron chi connectivity index (χ2n) is 4.87. The van der Waals surface area contributed by atoms with Gasteiger partial charge in [0.2, 0.25) is 0 Å². The van der Waals surface area contributed by atoms with Crippen LogP contribution in [0.25, 0.3) is 10.9 Å². The van der Waals surface area contributed by atoms with Crippen molar-refractivity contribution < 1.29 is 9.47 Å². The third-order valence-electron chi connectivity index (χ3n) is 3.54. The molecule has 0 saturated heterocycles. The Labute approximate surface area is 146 Å². The zero-order valence-corrected chi connectivity index (χ0v) is 14.1. The Balaban J connectivity index is 0.00000208. The molecule has 5 nitrogen and oxygen atoms in total. The van der Waals surface area contributed by atoms with Gasteiger partial charge in [-0.05, 0) is 18.2 Å². The first kappa shape index (κ1) is 17.4. The lowest BCUT2D eigenvalue weighted by Gasteiger charge is -2.14. The van der Waals surface area contributed by atoms with Gasteiger partial charge in [0.25, 0.3) is 0 Å². The van der Waals surface area contributed by atoms with Gasteiger partial charge in [-0.2, -0.15) is 5.26 Å². The van der Waals surface area contributed by atoms with Gasteiger partial charge in [-0.1, -0.05) is 18.2 Å². The first-order valence-electron chi connectivity index (χ1n) is 7.03. The van der Waals surface area contributed by atoms with E-state index in [9.17, 15) is 5.26 Å². The summed E-state index contributed by atoms with van der Waals surface area (Å²) in [5.41, 5.74) is 2.78. The first-order chi connectivity index (χ1) is 11.3. The zero-order valence-electron chi connectivity index (χ0n) is 13.2. The molecular formula is C18H16ClN3O2. The van der Waals surface area contributed by atoms with Crippen molar-refractivity contribution >= 4 is 34.7 Å². The smallest absolute Gasteiger partial charge is 0.162 e. The lowest BCUT2D eigenvalue weighted by atomic mass is 10.1. The molecule has 122 valence electrons. The number of halogens is 1. The van der Waals surface area contributed by atoms with Crippen LogP contribution in [0.5, 0.6) is 11.5 Å². The molecule has 0 aliphatic carbocycles. The fourth-order valence-electron chi connectivity index (χ4n) is 2.40. The second kappa shape index (κ2) is 7.53. The molecule has 6 heteroatoms. The van der Waals surface area contributed by atoms with Gasteiger partial charge in [0, 0.05) is 23.3 Å². The molecule has 2 aromatic carbocycles. The zero-order chi connectivity index (χ0) is 16.2. The molecule has 1 heterocycles. The van der Waals surface area contributed by atoms with Gasteiger partial charge in [-0.25, -0.2) is 0 Å². The summed E-state index contributed by atoms with van der Waals surface area (Å²) in [6.45, 7) is 0. The number of rotatable bonds is 4. The van der Waals surface area contributed by atoms with E-state index in [2.05, 4.69) is 16.4 Å². The molecule has 0 spiro atoms.